The quantitative estimate of drug-likeness (QED) is 0.812. The predicted molar refractivity (Wildman–Crippen MR) is 88.4 cm³/mol. The Morgan fingerprint density at radius 2 is 2.05 bits per heavy atom. The number of nitrogens with one attached hydrogen (secondary N) is 1. The fourth-order valence-corrected chi connectivity index (χ4v) is 4.14. The van der Waals surface area contributed by atoms with Crippen molar-refractivity contribution in [3.63, 3.8) is 0 Å². The molecule has 1 fully saturated rings. The van der Waals surface area contributed by atoms with Gasteiger partial charge in [0.05, 0.1) is 0 Å². The Morgan fingerprint density at radius 1 is 1.25 bits per heavy atom. The molecule has 0 atom stereocenters. The van der Waals surface area contributed by atoms with Gasteiger partial charge in [-0.2, -0.15) is 0 Å². The molecule has 2 aromatic rings. The van der Waals surface area contributed by atoms with E-state index in [1.165, 1.54) is 41.3 Å². The SMILES string of the molecule is CN(CCNCc1csc2ccccc12)C1CCCC1. The van der Waals surface area contributed by atoms with E-state index in [0.29, 0.717) is 0 Å². The third-order valence-corrected chi connectivity index (χ3v) is 5.48. The Labute approximate surface area is 125 Å². The molecule has 0 radical (unpaired) electrons. The molecule has 0 unspecified atom stereocenters. The molecule has 0 saturated heterocycles. The van der Waals surface area contributed by atoms with Crippen molar-refractivity contribution in [2.24, 2.45) is 0 Å². The van der Waals surface area contributed by atoms with Crippen molar-refractivity contribution in [2.75, 3.05) is 20.1 Å². The third-order valence-electron chi connectivity index (χ3n) is 4.47. The summed E-state index contributed by atoms with van der Waals surface area (Å²) in [6.45, 7) is 3.23. The number of benzene rings is 1. The molecular formula is C17H24N2S. The van der Waals surface area contributed by atoms with Crippen LogP contribution in [-0.2, 0) is 6.54 Å². The van der Waals surface area contributed by atoms with Crippen molar-refractivity contribution in [1.82, 2.24) is 10.2 Å². The second-order valence-electron chi connectivity index (χ2n) is 5.85. The topological polar surface area (TPSA) is 15.3 Å². The van der Waals surface area contributed by atoms with Crippen LogP contribution in [0, 0.1) is 0 Å². The van der Waals surface area contributed by atoms with E-state index in [-0.39, 0.29) is 0 Å². The highest BCUT2D eigenvalue weighted by Gasteiger charge is 2.18. The van der Waals surface area contributed by atoms with E-state index < -0.39 is 0 Å². The maximum absolute atomic E-state index is 3.60. The number of nitrogens with zero attached hydrogens (tertiary/aromatic N) is 1. The Morgan fingerprint density at radius 3 is 2.90 bits per heavy atom. The van der Waals surface area contributed by atoms with Crippen molar-refractivity contribution in [1.29, 1.82) is 0 Å². The Kier molecular flexibility index (Phi) is 4.71. The molecule has 1 N–H and O–H groups in total. The summed E-state index contributed by atoms with van der Waals surface area (Å²) in [5.74, 6) is 0. The molecule has 1 aromatic heterocycles. The van der Waals surface area contributed by atoms with Crippen LogP contribution in [0.2, 0.25) is 0 Å². The van der Waals surface area contributed by atoms with Gasteiger partial charge in [0.2, 0.25) is 0 Å². The van der Waals surface area contributed by atoms with Gasteiger partial charge >= 0.3 is 0 Å². The maximum Gasteiger partial charge on any atom is 0.0346 e. The lowest BCUT2D eigenvalue weighted by Crippen LogP contribution is -2.35. The molecular weight excluding hydrogens is 264 g/mol. The van der Waals surface area contributed by atoms with Crippen molar-refractivity contribution >= 4 is 21.4 Å². The van der Waals surface area contributed by atoms with Crippen LogP contribution in [-0.4, -0.2) is 31.1 Å². The largest absolute Gasteiger partial charge is 0.311 e. The molecule has 1 aromatic carbocycles. The molecule has 2 nitrogen and oxygen atoms in total. The smallest absolute Gasteiger partial charge is 0.0346 e. The van der Waals surface area contributed by atoms with Gasteiger partial charge in [-0.25, -0.2) is 0 Å². The molecule has 3 rings (SSSR count). The minimum Gasteiger partial charge on any atom is -0.311 e. The van der Waals surface area contributed by atoms with Gasteiger partial charge in [-0.1, -0.05) is 31.0 Å². The number of rotatable bonds is 6. The van der Waals surface area contributed by atoms with Crippen LogP contribution in [0.15, 0.2) is 29.6 Å². The first-order valence-electron chi connectivity index (χ1n) is 7.70. The summed E-state index contributed by atoms with van der Waals surface area (Å²) < 4.78 is 1.40. The highest BCUT2D eigenvalue weighted by Crippen LogP contribution is 2.25. The normalized spacial score (nSPS) is 16.5. The van der Waals surface area contributed by atoms with E-state index in [2.05, 4.69) is 46.9 Å². The van der Waals surface area contributed by atoms with Crippen molar-refractivity contribution in [2.45, 2.75) is 38.3 Å². The summed E-state index contributed by atoms with van der Waals surface area (Å²) in [7, 11) is 2.28. The van der Waals surface area contributed by atoms with Crippen molar-refractivity contribution < 1.29 is 0 Å². The van der Waals surface area contributed by atoms with Gasteiger partial charge in [-0.3, -0.25) is 0 Å². The zero-order valence-corrected chi connectivity index (χ0v) is 13.1. The lowest BCUT2D eigenvalue weighted by atomic mass is 10.2. The fraction of sp³-hybridized carbons (Fsp3) is 0.529. The molecule has 3 heteroatoms. The van der Waals surface area contributed by atoms with Gasteiger partial charge in [-0.05, 0) is 42.3 Å². The monoisotopic (exact) mass is 288 g/mol. The lowest BCUT2D eigenvalue weighted by molar-refractivity contribution is 0.245. The van der Waals surface area contributed by atoms with Crippen LogP contribution < -0.4 is 5.32 Å². The molecule has 20 heavy (non-hydrogen) atoms. The molecule has 0 amide bonds. The number of thiophene rings is 1. The lowest BCUT2D eigenvalue weighted by Gasteiger charge is -2.23. The predicted octanol–water partition coefficient (Wildman–Crippen LogP) is 3.87. The van der Waals surface area contributed by atoms with E-state index in [0.717, 1.165) is 25.7 Å². The average Bonchev–Trinajstić information content (AvgIpc) is 3.13. The van der Waals surface area contributed by atoms with Gasteiger partial charge < -0.3 is 10.2 Å². The highest BCUT2D eigenvalue weighted by molar-refractivity contribution is 7.17. The zero-order chi connectivity index (χ0) is 13.8. The third kappa shape index (κ3) is 3.22. The van der Waals surface area contributed by atoms with Gasteiger partial charge in [0.15, 0.2) is 0 Å². The van der Waals surface area contributed by atoms with E-state index in [4.69, 9.17) is 0 Å². The summed E-state index contributed by atoms with van der Waals surface area (Å²) >= 11 is 1.85. The van der Waals surface area contributed by atoms with E-state index in [9.17, 15) is 0 Å². The first-order valence-corrected chi connectivity index (χ1v) is 8.58. The first-order chi connectivity index (χ1) is 9.84. The molecule has 1 saturated carbocycles. The molecule has 0 spiro atoms. The molecule has 0 aliphatic heterocycles. The summed E-state index contributed by atoms with van der Waals surface area (Å²) in [5.41, 5.74) is 1.44. The minimum atomic E-state index is 0.832. The molecule has 0 bridgehead atoms. The Bertz CT molecular complexity index is 543. The molecule has 1 aliphatic rings. The molecule has 108 valence electrons. The number of likely N-dealkylation sites (N-methyl/N-ethyl adjacent to an activating group) is 1. The standard InChI is InChI=1S/C17H24N2S/c1-19(15-6-2-3-7-15)11-10-18-12-14-13-20-17-9-5-4-8-16(14)17/h4-5,8-9,13,15,18H,2-3,6-7,10-12H2,1H3. The van der Waals surface area contributed by atoms with Crippen LogP contribution in [0.4, 0.5) is 0 Å². The zero-order valence-electron chi connectivity index (χ0n) is 12.3. The second kappa shape index (κ2) is 6.70. The van der Waals surface area contributed by atoms with Gasteiger partial charge in [0.25, 0.3) is 0 Å². The van der Waals surface area contributed by atoms with Crippen LogP contribution >= 0.6 is 11.3 Å². The van der Waals surface area contributed by atoms with E-state index in [1.807, 2.05) is 11.3 Å². The second-order valence-corrected chi connectivity index (χ2v) is 6.76. The Balaban J connectivity index is 1.45. The van der Waals surface area contributed by atoms with Crippen LogP contribution in [0.3, 0.4) is 0 Å². The summed E-state index contributed by atoms with van der Waals surface area (Å²) in [4.78, 5) is 2.53. The summed E-state index contributed by atoms with van der Waals surface area (Å²) in [6, 6.07) is 9.52. The maximum atomic E-state index is 3.60. The van der Waals surface area contributed by atoms with Gasteiger partial charge in [0, 0.05) is 30.4 Å². The minimum absolute atomic E-state index is 0.832. The Hall–Kier alpha value is -0.900. The van der Waals surface area contributed by atoms with E-state index in [1.54, 1.807) is 0 Å². The van der Waals surface area contributed by atoms with E-state index >= 15 is 0 Å². The van der Waals surface area contributed by atoms with Gasteiger partial charge in [-0.15, -0.1) is 11.3 Å². The summed E-state index contributed by atoms with van der Waals surface area (Å²) in [6.07, 6.45) is 5.63. The number of fused-ring (bicyclic) bond motifs is 1. The molecule has 1 aliphatic carbocycles. The van der Waals surface area contributed by atoms with Crippen molar-refractivity contribution in [3.8, 4) is 0 Å². The number of hydrogen-bond acceptors (Lipinski definition) is 3. The first kappa shape index (κ1) is 14.1. The average molecular weight is 288 g/mol. The summed E-state index contributed by atoms with van der Waals surface area (Å²) in [5, 5.41) is 7.30. The van der Waals surface area contributed by atoms with Crippen LogP contribution in [0.25, 0.3) is 10.1 Å². The van der Waals surface area contributed by atoms with Gasteiger partial charge in [0.1, 0.15) is 0 Å². The van der Waals surface area contributed by atoms with Crippen LogP contribution in [0.5, 0.6) is 0 Å². The van der Waals surface area contributed by atoms with Crippen LogP contribution in [0.1, 0.15) is 31.2 Å². The molecule has 1 heterocycles. The highest BCUT2D eigenvalue weighted by atomic mass is 32.1. The van der Waals surface area contributed by atoms with Crippen molar-refractivity contribution in [3.05, 3.63) is 35.2 Å². The number of hydrogen-bond donors (Lipinski definition) is 1. The fourth-order valence-electron chi connectivity index (χ4n) is 3.18.